The van der Waals surface area contributed by atoms with Gasteiger partial charge < -0.3 is 10.5 Å². The minimum atomic E-state index is -0.333. The molecular formula is C7H17NO2S. The van der Waals surface area contributed by atoms with E-state index in [-0.39, 0.29) is 5.91 Å². The third-order valence-corrected chi connectivity index (χ3v) is 0.407. The molecule has 0 aliphatic rings. The Labute approximate surface area is 73.8 Å². The number of primary amides is 1. The summed E-state index contributed by atoms with van der Waals surface area (Å²) in [6.07, 6.45) is 4.31. The van der Waals surface area contributed by atoms with E-state index in [9.17, 15) is 9.59 Å². The molecule has 0 aromatic carbocycles. The molecule has 0 atom stereocenters. The van der Waals surface area contributed by atoms with Gasteiger partial charge in [-0.05, 0) is 12.7 Å². The highest BCUT2D eigenvalue weighted by molar-refractivity contribution is 7.79. The fourth-order valence-electron chi connectivity index (χ4n) is 0.118. The van der Waals surface area contributed by atoms with Gasteiger partial charge in [0.2, 0.25) is 5.91 Å². The van der Waals surface area contributed by atoms with Crippen molar-refractivity contribution in [1.82, 2.24) is 0 Å². The predicted molar refractivity (Wildman–Crippen MR) is 50.8 cm³/mol. The van der Waals surface area contributed by atoms with E-state index in [1.165, 1.54) is 6.92 Å². The molecule has 0 aromatic rings. The minimum Gasteiger partial charge on any atom is -0.370 e. The van der Waals surface area contributed by atoms with Gasteiger partial charge in [-0.15, -0.1) is 0 Å². The first kappa shape index (κ1) is 16.8. The summed E-state index contributed by atoms with van der Waals surface area (Å²) in [5.74, 6) is -0.333. The van der Waals surface area contributed by atoms with Crippen molar-refractivity contribution in [2.45, 2.75) is 26.7 Å². The number of hydrogen-bond donors (Lipinski definition) is 2. The second-order valence-corrected chi connectivity index (χ2v) is 1.57. The zero-order valence-electron chi connectivity index (χ0n) is 7.33. The van der Waals surface area contributed by atoms with Crippen molar-refractivity contribution in [3.63, 3.8) is 0 Å². The Hall–Kier alpha value is -0.510. The van der Waals surface area contributed by atoms with Crippen LogP contribution >= 0.6 is 12.6 Å². The van der Waals surface area contributed by atoms with Gasteiger partial charge >= 0.3 is 0 Å². The van der Waals surface area contributed by atoms with Crippen LogP contribution in [-0.4, -0.2) is 18.4 Å². The van der Waals surface area contributed by atoms with Gasteiger partial charge in [0, 0.05) is 13.3 Å². The summed E-state index contributed by atoms with van der Waals surface area (Å²) in [5.41, 5.74) is 4.47. The first-order valence-corrected chi connectivity index (χ1v) is 4.19. The molecule has 0 bridgehead atoms. The zero-order chi connectivity index (χ0) is 9.70. The Morgan fingerprint density at radius 2 is 1.82 bits per heavy atom. The summed E-state index contributed by atoms with van der Waals surface area (Å²) >= 11 is 3.53. The molecule has 0 aliphatic heterocycles. The number of carbonyl (C=O) groups is 2. The Balaban J connectivity index is -0.0000000965. The van der Waals surface area contributed by atoms with Crippen molar-refractivity contribution in [3.05, 3.63) is 0 Å². The highest BCUT2D eigenvalue weighted by Crippen LogP contribution is 1.74. The lowest BCUT2D eigenvalue weighted by Crippen LogP contribution is -2.01. The maximum atomic E-state index is 9.40. The molecule has 0 fully saturated rings. The first-order valence-electron chi connectivity index (χ1n) is 3.29. The van der Waals surface area contributed by atoms with Crippen LogP contribution in [0.25, 0.3) is 0 Å². The van der Waals surface area contributed by atoms with E-state index >= 15 is 0 Å². The molecule has 2 N–H and O–H groups in total. The van der Waals surface area contributed by atoms with E-state index in [1.54, 1.807) is 6.26 Å². The molecular weight excluding hydrogens is 162 g/mol. The highest BCUT2D eigenvalue weighted by atomic mass is 32.1. The SMILES string of the molecule is CC(N)=O.CCCC=O.CS. The van der Waals surface area contributed by atoms with Crippen molar-refractivity contribution in [3.8, 4) is 0 Å². The highest BCUT2D eigenvalue weighted by Gasteiger charge is 1.66. The van der Waals surface area contributed by atoms with Gasteiger partial charge in [-0.1, -0.05) is 6.92 Å². The second kappa shape index (κ2) is 22.7. The normalized spacial score (nSPS) is 6.18. The molecule has 11 heavy (non-hydrogen) atoms. The van der Waals surface area contributed by atoms with Crippen LogP contribution < -0.4 is 5.73 Å². The monoisotopic (exact) mass is 179 g/mol. The van der Waals surface area contributed by atoms with Crippen molar-refractivity contribution in [2.24, 2.45) is 5.73 Å². The summed E-state index contributed by atoms with van der Waals surface area (Å²) < 4.78 is 0. The minimum absolute atomic E-state index is 0.333. The lowest BCUT2D eigenvalue weighted by atomic mass is 10.4. The van der Waals surface area contributed by atoms with Crippen LogP contribution in [0.4, 0.5) is 0 Å². The predicted octanol–water partition coefficient (Wildman–Crippen LogP) is 1.02. The fraction of sp³-hybridized carbons (Fsp3) is 0.714. The topological polar surface area (TPSA) is 60.2 Å². The van der Waals surface area contributed by atoms with Crippen LogP contribution in [0.2, 0.25) is 0 Å². The summed E-state index contributed by atoms with van der Waals surface area (Å²) in [6.45, 7) is 3.29. The van der Waals surface area contributed by atoms with Crippen molar-refractivity contribution in [1.29, 1.82) is 0 Å². The summed E-state index contributed by atoms with van der Waals surface area (Å²) in [7, 11) is 0. The van der Waals surface area contributed by atoms with E-state index in [1.807, 2.05) is 6.92 Å². The molecule has 0 aromatic heterocycles. The quantitative estimate of drug-likeness (QED) is 0.491. The van der Waals surface area contributed by atoms with Gasteiger partial charge in [0.25, 0.3) is 0 Å². The molecule has 0 saturated heterocycles. The Morgan fingerprint density at radius 1 is 1.55 bits per heavy atom. The summed E-state index contributed by atoms with van der Waals surface area (Å²) in [5, 5.41) is 0. The largest absolute Gasteiger partial charge is 0.370 e. The summed E-state index contributed by atoms with van der Waals surface area (Å²) in [4.78, 5) is 18.6. The zero-order valence-corrected chi connectivity index (χ0v) is 8.23. The van der Waals surface area contributed by atoms with Crippen molar-refractivity contribution < 1.29 is 9.59 Å². The number of nitrogens with two attached hydrogens (primary N) is 1. The number of rotatable bonds is 2. The van der Waals surface area contributed by atoms with Crippen LogP contribution in [0.3, 0.4) is 0 Å². The maximum absolute atomic E-state index is 9.40. The average Bonchev–Trinajstić information content (AvgIpc) is 1.93. The van der Waals surface area contributed by atoms with Gasteiger partial charge in [-0.3, -0.25) is 4.79 Å². The first-order chi connectivity index (χ1) is 5.15. The Bertz CT molecular complexity index is 82.5. The Morgan fingerprint density at radius 3 is 1.82 bits per heavy atom. The van der Waals surface area contributed by atoms with E-state index in [4.69, 9.17) is 0 Å². The molecule has 0 saturated carbocycles. The molecule has 0 unspecified atom stereocenters. The van der Waals surface area contributed by atoms with Gasteiger partial charge in [-0.25, -0.2) is 0 Å². The molecule has 0 radical (unpaired) electrons. The molecule has 0 heterocycles. The molecule has 1 amide bonds. The van der Waals surface area contributed by atoms with Gasteiger partial charge in [0.05, 0.1) is 0 Å². The van der Waals surface area contributed by atoms with Crippen LogP contribution in [0.5, 0.6) is 0 Å². The molecule has 4 heteroatoms. The van der Waals surface area contributed by atoms with E-state index in [0.717, 1.165) is 12.7 Å². The van der Waals surface area contributed by atoms with E-state index < -0.39 is 0 Å². The second-order valence-electron chi connectivity index (χ2n) is 1.57. The number of carbonyl (C=O) groups excluding carboxylic acids is 2. The molecule has 68 valence electrons. The Kier molecular flexibility index (Phi) is 34.7. The lowest BCUT2D eigenvalue weighted by molar-refractivity contribution is -0.116. The molecule has 0 aliphatic carbocycles. The number of unbranched alkanes of at least 4 members (excludes halogenated alkanes) is 1. The van der Waals surface area contributed by atoms with Crippen LogP contribution in [0.15, 0.2) is 0 Å². The van der Waals surface area contributed by atoms with Crippen molar-refractivity contribution in [2.75, 3.05) is 6.26 Å². The fourth-order valence-corrected chi connectivity index (χ4v) is 0.118. The third-order valence-electron chi connectivity index (χ3n) is 0.407. The number of amides is 1. The summed E-state index contributed by atoms with van der Waals surface area (Å²) in [6, 6.07) is 0. The van der Waals surface area contributed by atoms with Crippen molar-refractivity contribution >= 4 is 24.8 Å². The number of thiol groups is 1. The maximum Gasteiger partial charge on any atom is 0.214 e. The van der Waals surface area contributed by atoms with Gasteiger partial charge in [0.15, 0.2) is 0 Å². The van der Waals surface area contributed by atoms with Crippen LogP contribution in [-0.2, 0) is 9.59 Å². The van der Waals surface area contributed by atoms with Crippen LogP contribution in [0.1, 0.15) is 26.7 Å². The molecule has 0 rings (SSSR count). The van der Waals surface area contributed by atoms with Gasteiger partial charge in [0.1, 0.15) is 6.29 Å². The van der Waals surface area contributed by atoms with Gasteiger partial charge in [-0.2, -0.15) is 12.6 Å². The lowest BCUT2D eigenvalue weighted by Gasteiger charge is -1.68. The van der Waals surface area contributed by atoms with E-state index in [0.29, 0.717) is 6.42 Å². The third kappa shape index (κ3) is 240. The van der Waals surface area contributed by atoms with Crippen LogP contribution in [0, 0.1) is 0 Å². The smallest absolute Gasteiger partial charge is 0.214 e. The standard InChI is InChI=1S/C4H8O.C2H5NO.CH4S/c1-2-3-4-5;1-2(3)4;1-2/h4H,2-3H2,1H3;1H3,(H2,3,4);2H,1H3. The molecule has 3 nitrogen and oxygen atoms in total. The number of aldehydes is 1. The van der Waals surface area contributed by atoms with E-state index in [2.05, 4.69) is 18.4 Å². The average molecular weight is 179 g/mol. The number of hydrogen-bond acceptors (Lipinski definition) is 3. The molecule has 0 spiro atoms.